The van der Waals surface area contributed by atoms with Crippen molar-refractivity contribution in [3.63, 3.8) is 0 Å². The molecule has 1 heterocycles. The molecule has 0 aliphatic rings. The predicted octanol–water partition coefficient (Wildman–Crippen LogP) is 5.02. The van der Waals surface area contributed by atoms with Crippen molar-refractivity contribution in [3.05, 3.63) is 69.2 Å². The molecule has 2 aromatic carbocycles. The Kier molecular flexibility index (Phi) is 4.55. The SMILES string of the molecule is O=C(COc1c(Br)cc(Br)c2cccnc12)c1ccccc1. The maximum Gasteiger partial charge on any atom is 0.200 e. The van der Waals surface area contributed by atoms with Gasteiger partial charge in [-0.2, -0.15) is 0 Å². The number of carbonyl (C=O) groups is 1. The van der Waals surface area contributed by atoms with Crippen LogP contribution < -0.4 is 4.74 Å². The molecule has 0 radical (unpaired) electrons. The summed E-state index contributed by atoms with van der Waals surface area (Å²) in [4.78, 5) is 16.5. The van der Waals surface area contributed by atoms with Crippen LogP contribution >= 0.6 is 31.9 Å². The second kappa shape index (κ2) is 6.58. The number of fused-ring (bicyclic) bond motifs is 1. The van der Waals surface area contributed by atoms with E-state index >= 15 is 0 Å². The van der Waals surface area contributed by atoms with E-state index in [9.17, 15) is 4.79 Å². The number of aromatic nitrogens is 1. The number of benzene rings is 2. The largest absolute Gasteiger partial charge is 0.482 e. The zero-order valence-electron chi connectivity index (χ0n) is 11.4. The monoisotopic (exact) mass is 419 g/mol. The van der Waals surface area contributed by atoms with Gasteiger partial charge in [-0.1, -0.05) is 52.3 Å². The Morgan fingerprint density at radius 2 is 1.82 bits per heavy atom. The molecule has 0 unspecified atom stereocenters. The molecule has 3 rings (SSSR count). The first-order valence-corrected chi connectivity index (χ1v) is 8.19. The first-order chi connectivity index (χ1) is 10.7. The number of rotatable bonds is 4. The normalized spacial score (nSPS) is 10.6. The van der Waals surface area contributed by atoms with Crippen LogP contribution in [0.25, 0.3) is 10.9 Å². The number of ether oxygens (including phenoxy) is 1. The molecule has 0 aliphatic carbocycles. The highest BCUT2D eigenvalue weighted by molar-refractivity contribution is 9.11. The minimum Gasteiger partial charge on any atom is -0.482 e. The van der Waals surface area contributed by atoms with Gasteiger partial charge in [0, 0.05) is 21.6 Å². The van der Waals surface area contributed by atoms with Gasteiger partial charge < -0.3 is 4.74 Å². The van der Waals surface area contributed by atoms with Crippen molar-refractivity contribution in [2.75, 3.05) is 6.61 Å². The zero-order chi connectivity index (χ0) is 15.5. The summed E-state index contributed by atoms with van der Waals surface area (Å²) >= 11 is 6.97. The Labute approximate surface area is 144 Å². The number of Topliss-reactive ketones (excluding diaryl/α,β-unsaturated/α-hetero) is 1. The first kappa shape index (κ1) is 15.2. The topological polar surface area (TPSA) is 39.2 Å². The van der Waals surface area contributed by atoms with Crippen molar-refractivity contribution in [1.82, 2.24) is 4.98 Å². The molecule has 0 N–H and O–H groups in total. The highest BCUT2D eigenvalue weighted by Gasteiger charge is 2.14. The minimum atomic E-state index is -0.0699. The summed E-state index contributed by atoms with van der Waals surface area (Å²) < 4.78 is 7.42. The number of nitrogens with zero attached hydrogens (tertiary/aromatic N) is 1. The lowest BCUT2D eigenvalue weighted by atomic mass is 10.1. The molecule has 0 amide bonds. The number of hydrogen-bond acceptors (Lipinski definition) is 3. The molecule has 0 bridgehead atoms. The van der Waals surface area contributed by atoms with Crippen LogP contribution in [0.4, 0.5) is 0 Å². The molecule has 5 heteroatoms. The Morgan fingerprint density at radius 3 is 2.59 bits per heavy atom. The average molecular weight is 421 g/mol. The highest BCUT2D eigenvalue weighted by atomic mass is 79.9. The van der Waals surface area contributed by atoms with Crippen LogP contribution in [0.1, 0.15) is 10.4 Å². The van der Waals surface area contributed by atoms with Gasteiger partial charge in [-0.05, 0) is 28.1 Å². The molecule has 0 aliphatic heterocycles. The lowest BCUT2D eigenvalue weighted by molar-refractivity contribution is 0.0922. The van der Waals surface area contributed by atoms with Crippen LogP contribution in [-0.2, 0) is 0 Å². The van der Waals surface area contributed by atoms with Crippen molar-refractivity contribution in [1.29, 1.82) is 0 Å². The summed E-state index contributed by atoms with van der Waals surface area (Å²) in [6.45, 7) is -0.0318. The van der Waals surface area contributed by atoms with Gasteiger partial charge in [0.15, 0.2) is 18.1 Å². The van der Waals surface area contributed by atoms with E-state index in [-0.39, 0.29) is 12.4 Å². The van der Waals surface area contributed by atoms with Gasteiger partial charge in [0.25, 0.3) is 0 Å². The molecular formula is C17H11Br2NO2. The quantitative estimate of drug-likeness (QED) is 0.556. The molecule has 0 spiro atoms. The molecule has 110 valence electrons. The standard InChI is InChI=1S/C17H11Br2NO2/c18-13-9-14(19)17(16-12(13)7-4-8-20-16)22-10-15(21)11-5-2-1-3-6-11/h1-9H,10H2. The lowest BCUT2D eigenvalue weighted by Crippen LogP contribution is -2.12. The molecule has 0 saturated carbocycles. The third-order valence-corrected chi connectivity index (χ3v) is 4.44. The third kappa shape index (κ3) is 3.05. The maximum atomic E-state index is 12.2. The smallest absolute Gasteiger partial charge is 0.200 e. The Morgan fingerprint density at radius 1 is 1.05 bits per heavy atom. The van der Waals surface area contributed by atoms with Gasteiger partial charge in [0.2, 0.25) is 0 Å². The molecule has 0 atom stereocenters. The van der Waals surface area contributed by atoms with Crippen LogP contribution in [0.15, 0.2) is 63.7 Å². The van der Waals surface area contributed by atoms with E-state index < -0.39 is 0 Å². The van der Waals surface area contributed by atoms with Crippen molar-refractivity contribution in [2.24, 2.45) is 0 Å². The van der Waals surface area contributed by atoms with Crippen LogP contribution in [0, 0.1) is 0 Å². The van der Waals surface area contributed by atoms with E-state index in [0.29, 0.717) is 16.8 Å². The fourth-order valence-corrected chi connectivity index (χ4v) is 3.52. The van der Waals surface area contributed by atoms with Crippen molar-refractivity contribution >= 4 is 48.5 Å². The summed E-state index contributed by atoms with van der Waals surface area (Å²) in [5, 5.41) is 0.938. The Bertz CT molecular complexity index is 835. The van der Waals surface area contributed by atoms with Crippen LogP contribution in [0.2, 0.25) is 0 Å². The second-order valence-corrected chi connectivity index (χ2v) is 6.36. The van der Waals surface area contributed by atoms with Gasteiger partial charge in [0.1, 0.15) is 5.52 Å². The van der Waals surface area contributed by atoms with Crippen LogP contribution in [0.3, 0.4) is 0 Å². The van der Waals surface area contributed by atoms with Crippen molar-refractivity contribution in [3.8, 4) is 5.75 Å². The van der Waals surface area contributed by atoms with Crippen LogP contribution in [-0.4, -0.2) is 17.4 Å². The van der Waals surface area contributed by atoms with Crippen LogP contribution in [0.5, 0.6) is 5.75 Å². The van der Waals surface area contributed by atoms with Gasteiger partial charge >= 0.3 is 0 Å². The minimum absolute atomic E-state index is 0.0318. The van der Waals surface area contributed by atoms with Gasteiger partial charge in [-0.25, -0.2) is 0 Å². The van der Waals surface area contributed by atoms with E-state index in [1.165, 1.54) is 0 Å². The van der Waals surface area contributed by atoms with Gasteiger partial charge in [0.05, 0.1) is 4.47 Å². The van der Waals surface area contributed by atoms with E-state index in [4.69, 9.17) is 4.74 Å². The predicted molar refractivity (Wildman–Crippen MR) is 93.4 cm³/mol. The number of hydrogen-bond donors (Lipinski definition) is 0. The van der Waals surface area contributed by atoms with Crippen molar-refractivity contribution in [2.45, 2.75) is 0 Å². The Balaban J connectivity index is 1.90. The zero-order valence-corrected chi connectivity index (χ0v) is 14.6. The first-order valence-electron chi connectivity index (χ1n) is 6.60. The number of ketones is 1. The third-order valence-electron chi connectivity index (χ3n) is 3.19. The van der Waals surface area contributed by atoms with E-state index in [0.717, 1.165) is 14.3 Å². The summed E-state index contributed by atoms with van der Waals surface area (Å²) in [6, 6.07) is 14.8. The molecular weight excluding hydrogens is 410 g/mol. The second-order valence-electron chi connectivity index (χ2n) is 4.65. The summed E-state index contributed by atoms with van der Waals surface area (Å²) in [6.07, 6.45) is 1.70. The number of pyridine rings is 1. The molecule has 3 aromatic rings. The average Bonchev–Trinajstić information content (AvgIpc) is 2.55. The lowest BCUT2D eigenvalue weighted by Gasteiger charge is -2.11. The molecule has 1 aromatic heterocycles. The summed E-state index contributed by atoms with van der Waals surface area (Å²) in [7, 11) is 0. The molecule has 3 nitrogen and oxygen atoms in total. The Hall–Kier alpha value is -1.72. The fraction of sp³-hybridized carbons (Fsp3) is 0.0588. The van der Waals surface area contributed by atoms with Gasteiger partial charge in [-0.15, -0.1) is 0 Å². The summed E-state index contributed by atoms with van der Waals surface area (Å²) in [5.41, 5.74) is 1.35. The number of halogens is 2. The van der Waals surface area contributed by atoms with Crippen molar-refractivity contribution < 1.29 is 9.53 Å². The van der Waals surface area contributed by atoms with Gasteiger partial charge in [-0.3, -0.25) is 9.78 Å². The summed E-state index contributed by atoms with van der Waals surface area (Å²) in [5.74, 6) is 0.502. The maximum absolute atomic E-state index is 12.2. The van der Waals surface area contributed by atoms with E-state index in [2.05, 4.69) is 36.8 Å². The molecule has 0 fully saturated rings. The molecule has 0 saturated heterocycles. The fourth-order valence-electron chi connectivity index (χ4n) is 2.13. The molecule has 22 heavy (non-hydrogen) atoms. The van der Waals surface area contributed by atoms with E-state index in [1.807, 2.05) is 36.4 Å². The van der Waals surface area contributed by atoms with E-state index in [1.54, 1.807) is 18.3 Å². The number of carbonyl (C=O) groups excluding carboxylic acids is 1. The highest BCUT2D eigenvalue weighted by Crippen LogP contribution is 2.37.